The van der Waals surface area contributed by atoms with Crippen molar-refractivity contribution < 1.29 is 19.0 Å². The van der Waals surface area contributed by atoms with Gasteiger partial charge in [0.2, 0.25) is 0 Å². The molecule has 0 aliphatic carbocycles. The van der Waals surface area contributed by atoms with Gasteiger partial charge in [-0.15, -0.1) is 0 Å². The third kappa shape index (κ3) is 4.04. The zero-order valence-corrected chi connectivity index (χ0v) is 17.0. The fourth-order valence-corrected chi connectivity index (χ4v) is 4.01. The molecule has 152 valence electrons. The third-order valence-corrected chi connectivity index (χ3v) is 5.75. The van der Waals surface area contributed by atoms with Crippen molar-refractivity contribution in [1.29, 1.82) is 0 Å². The Morgan fingerprint density at radius 2 is 2.17 bits per heavy atom. The van der Waals surface area contributed by atoms with Crippen LogP contribution >= 0.6 is 0 Å². The van der Waals surface area contributed by atoms with Gasteiger partial charge in [0.25, 0.3) is 0 Å². The minimum Gasteiger partial charge on any atom is -0.456 e. The van der Waals surface area contributed by atoms with Gasteiger partial charge < -0.3 is 18.8 Å². The molecule has 0 N–H and O–H groups in total. The first-order valence-electron chi connectivity index (χ1n) is 9.80. The number of hydrogen-bond donors (Lipinski definition) is 0. The summed E-state index contributed by atoms with van der Waals surface area (Å²) in [6, 6.07) is 8.11. The Balaban J connectivity index is 1.61. The molecule has 1 fully saturated rings. The number of fused-ring (bicyclic) bond motifs is 3. The topological polar surface area (TPSA) is 62.6 Å². The highest BCUT2D eigenvalue weighted by molar-refractivity contribution is 5.86. The molecule has 0 radical (unpaired) electrons. The second-order valence-electron chi connectivity index (χ2n) is 7.89. The maximum Gasteiger partial charge on any atom is 0.331 e. The van der Waals surface area contributed by atoms with Crippen molar-refractivity contribution in [2.45, 2.75) is 43.7 Å². The van der Waals surface area contributed by atoms with Crippen LogP contribution in [0.3, 0.4) is 0 Å². The van der Waals surface area contributed by atoms with Gasteiger partial charge in [0.1, 0.15) is 11.7 Å². The highest BCUT2D eigenvalue weighted by Gasteiger charge is 2.51. The summed E-state index contributed by atoms with van der Waals surface area (Å²) in [5.74, 6) is -1.22. The summed E-state index contributed by atoms with van der Waals surface area (Å²) in [6.45, 7) is 2.00. The Kier molecular flexibility index (Phi) is 5.15. The van der Waals surface area contributed by atoms with Crippen LogP contribution in [0.5, 0.6) is 0 Å². The summed E-state index contributed by atoms with van der Waals surface area (Å²) in [5.41, 5.74) is 2.24. The second kappa shape index (κ2) is 7.61. The Bertz CT molecular complexity index is 963. The molecule has 1 saturated heterocycles. The molecule has 0 unspecified atom stereocenters. The maximum absolute atomic E-state index is 12.6. The standard InChI is InChI=1S/C23H26N2O4/c1-22-12-13-23(27-3,29-22)11-10-17-6-4-5-7-18(17)14-20(22)28-21(26)9-8-19-15-25(2)16-24-19/h4-11,15-16,20H,12-14H2,1-3H3/b9-8+,11-10-/t20-,22-,23-/m0/s1. The van der Waals surface area contributed by atoms with Crippen molar-refractivity contribution in [3.63, 3.8) is 0 Å². The number of aryl methyl sites for hydroxylation is 1. The lowest BCUT2D eigenvalue weighted by Crippen LogP contribution is -2.45. The Morgan fingerprint density at radius 3 is 2.93 bits per heavy atom. The van der Waals surface area contributed by atoms with E-state index in [1.54, 1.807) is 19.5 Å². The molecule has 6 heteroatoms. The fraction of sp³-hybridized carbons (Fsp3) is 0.391. The number of ether oxygens (including phenoxy) is 3. The van der Waals surface area contributed by atoms with Crippen molar-refractivity contribution in [2.24, 2.45) is 7.05 Å². The van der Waals surface area contributed by atoms with E-state index >= 15 is 0 Å². The molecule has 0 spiro atoms. The minimum atomic E-state index is -0.805. The Hall–Kier alpha value is -2.70. The smallest absolute Gasteiger partial charge is 0.331 e. The largest absolute Gasteiger partial charge is 0.456 e. The van der Waals surface area contributed by atoms with Gasteiger partial charge >= 0.3 is 5.97 Å². The molecule has 3 heterocycles. The summed E-state index contributed by atoms with van der Waals surface area (Å²) in [5, 5.41) is 0. The average molecular weight is 394 g/mol. The van der Waals surface area contributed by atoms with E-state index in [0.29, 0.717) is 18.5 Å². The fourth-order valence-electron chi connectivity index (χ4n) is 4.01. The van der Waals surface area contributed by atoms with Gasteiger partial charge in [-0.1, -0.05) is 30.3 Å². The van der Waals surface area contributed by atoms with Crippen molar-refractivity contribution in [3.05, 3.63) is 65.8 Å². The molecule has 2 aromatic rings. The molecule has 2 aliphatic rings. The number of nitrogens with zero attached hydrogens (tertiary/aromatic N) is 2. The predicted molar refractivity (Wildman–Crippen MR) is 110 cm³/mol. The van der Waals surface area contributed by atoms with Crippen molar-refractivity contribution >= 4 is 18.1 Å². The number of benzene rings is 1. The molecule has 3 atom stereocenters. The van der Waals surface area contributed by atoms with E-state index in [0.717, 1.165) is 17.5 Å². The first kappa shape index (κ1) is 19.6. The van der Waals surface area contributed by atoms with E-state index in [-0.39, 0.29) is 0 Å². The summed E-state index contributed by atoms with van der Waals surface area (Å²) >= 11 is 0. The second-order valence-corrected chi connectivity index (χ2v) is 7.89. The molecule has 29 heavy (non-hydrogen) atoms. The molecule has 4 rings (SSSR count). The van der Waals surface area contributed by atoms with Crippen LogP contribution in [0.1, 0.15) is 36.6 Å². The average Bonchev–Trinajstić information content (AvgIpc) is 3.30. The lowest BCUT2D eigenvalue weighted by molar-refractivity contribution is -0.230. The number of aromatic nitrogens is 2. The van der Waals surface area contributed by atoms with Gasteiger partial charge in [0.15, 0.2) is 5.79 Å². The van der Waals surface area contributed by atoms with Crippen molar-refractivity contribution in [1.82, 2.24) is 9.55 Å². The summed E-state index contributed by atoms with van der Waals surface area (Å²) in [4.78, 5) is 16.8. The molecule has 2 aliphatic heterocycles. The van der Waals surface area contributed by atoms with Crippen molar-refractivity contribution in [2.75, 3.05) is 7.11 Å². The first-order valence-corrected chi connectivity index (χ1v) is 9.80. The van der Waals surface area contributed by atoms with E-state index in [4.69, 9.17) is 14.2 Å². The van der Waals surface area contributed by atoms with Crippen LogP contribution < -0.4 is 0 Å². The SMILES string of the molecule is CO[C@]12/C=C\c3ccccc3C[C@H](OC(=O)/C=C/c3cn(C)cn3)[C@](C)(CC1)O2. The molecule has 6 nitrogen and oxygen atoms in total. The van der Waals surface area contributed by atoms with Crippen LogP contribution in [0.15, 0.2) is 48.9 Å². The van der Waals surface area contributed by atoms with Crippen LogP contribution in [0, 0.1) is 0 Å². The van der Waals surface area contributed by atoms with E-state index in [1.165, 1.54) is 6.08 Å². The van der Waals surface area contributed by atoms with Crippen LogP contribution in [-0.4, -0.2) is 40.1 Å². The number of carbonyl (C=O) groups excluding carboxylic acids is 1. The monoisotopic (exact) mass is 394 g/mol. The van der Waals surface area contributed by atoms with Gasteiger partial charge in [-0.25, -0.2) is 9.78 Å². The zero-order valence-electron chi connectivity index (χ0n) is 17.0. The highest BCUT2D eigenvalue weighted by Crippen LogP contribution is 2.44. The van der Waals surface area contributed by atoms with E-state index < -0.39 is 23.5 Å². The van der Waals surface area contributed by atoms with Gasteiger partial charge in [-0.2, -0.15) is 0 Å². The number of carbonyl (C=O) groups is 1. The minimum absolute atomic E-state index is 0.412. The maximum atomic E-state index is 12.6. The van der Waals surface area contributed by atoms with Gasteiger partial charge in [0.05, 0.1) is 12.0 Å². The number of imidazole rings is 1. The van der Waals surface area contributed by atoms with E-state index in [1.807, 2.05) is 49.0 Å². The lowest BCUT2D eigenvalue weighted by Gasteiger charge is -2.35. The van der Waals surface area contributed by atoms with Crippen LogP contribution in [0.4, 0.5) is 0 Å². The molecule has 1 aromatic carbocycles. The molecular weight excluding hydrogens is 368 g/mol. The first-order chi connectivity index (χ1) is 13.9. The predicted octanol–water partition coefficient (Wildman–Crippen LogP) is 3.53. The lowest BCUT2D eigenvalue weighted by atomic mass is 9.88. The Morgan fingerprint density at radius 1 is 1.34 bits per heavy atom. The quantitative estimate of drug-likeness (QED) is 0.586. The zero-order chi connectivity index (χ0) is 20.5. The third-order valence-electron chi connectivity index (χ3n) is 5.75. The number of esters is 1. The van der Waals surface area contributed by atoms with E-state index in [2.05, 4.69) is 17.1 Å². The van der Waals surface area contributed by atoms with Gasteiger partial charge in [0, 0.05) is 39.3 Å². The Labute approximate surface area is 170 Å². The molecule has 1 aromatic heterocycles. The molecular formula is C23H26N2O4. The molecule has 0 amide bonds. The van der Waals surface area contributed by atoms with E-state index in [9.17, 15) is 4.79 Å². The number of hydrogen-bond acceptors (Lipinski definition) is 5. The van der Waals surface area contributed by atoms with Crippen LogP contribution in [0.25, 0.3) is 12.2 Å². The van der Waals surface area contributed by atoms with Crippen LogP contribution in [-0.2, 0) is 32.5 Å². The molecule has 2 bridgehead atoms. The van der Waals surface area contributed by atoms with Gasteiger partial charge in [-0.05, 0) is 36.6 Å². The van der Waals surface area contributed by atoms with Crippen molar-refractivity contribution in [3.8, 4) is 0 Å². The van der Waals surface area contributed by atoms with Crippen LogP contribution in [0.2, 0.25) is 0 Å². The highest BCUT2D eigenvalue weighted by atomic mass is 16.7. The summed E-state index contributed by atoms with van der Waals surface area (Å²) in [7, 11) is 3.53. The number of rotatable bonds is 4. The molecule has 0 saturated carbocycles. The normalized spacial score (nSPS) is 29.7. The van der Waals surface area contributed by atoms with Gasteiger partial charge in [-0.3, -0.25) is 0 Å². The summed E-state index contributed by atoms with van der Waals surface area (Å²) in [6.07, 6.45) is 12.2. The summed E-state index contributed by atoms with van der Waals surface area (Å²) < 4.78 is 19.9. The number of methoxy groups -OCH3 is 1.